The molecule has 2 heterocycles. The fraction of sp³-hybridized carbons (Fsp3) is 0.364. The number of fused-ring (bicyclic) bond motifs is 1. The van der Waals surface area contributed by atoms with Crippen LogP contribution in [0.4, 0.5) is 0 Å². The van der Waals surface area contributed by atoms with Crippen LogP contribution in [0.15, 0.2) is 12.1 Å². The van der Waals surface area contributed by atoms with Gasteiger partial charge in [-0.2, -0.15) is 5.10 Å². The van der Waals surface area contributed by atoms with E-state index in [1.807, 2.05) is 26.0 Å². The molecule has 0 radical (unpaired) electrons. The van der Waals surface area contributed by atoms with E-state index in [2.05, 4.69) is 19.9 Å². The molecule has 0 aliphatic carbocycles. The maximum atomic E-state index is 11.4. The zero-order chi connectivity index (χ0) is 11.7. The summed E-state index contributed by atoms with van der Waals surface area (Å²) in [6, 6.07) is 3.79. The minimum absolute atomic E-state index is 0.236. The average Bonchev–Trinajstić information content (AvgIpc) is 2.70. The Morgan fingerprint density at radius 1 is 1.44 bits per heavy atom. The summed E-state index contributed by atoms with van der Waals surface area (Å²) in [5, 5.41) is 6.66. The lowest BCUT2D eigenvalue weighted by Crippen LogP contribution is -2.03. The van der Waals surface area contributed by atoms with Crippen LogP contribution in [0, 0.1) is 0 Å². The third kappa shape index (κ3) is 1.64. The van der Waals surface area contributed by atoms with Gasteiger partial charge in [0.05, 0.1) is 12.6 Å². The molecule has 2 aromatic heterocycles. The number of esters is 1. The summed E-state index contributed by atoms with van der Waals surface area (Å²) in [6.45, 7) is 4.10. The third-order valence-electron chi connectivity index (χ3n) is 2.40. The molecule has 84 valence electrons. The monoisotopic (exact) mass is 219 g/mol. The summed E-state index contributed by atoms with van der Waals surface area (Å²) in [6.07, 6.45) is 0. The van der Waals surface area contributed by atoms with Crippen LogP contribution >= 0.6 is 0 Å². The first kappa shape index (κ1) is 10.6. The molecule has 0 aromatic carbocycles. The highest BCUT2D eigenvalue weighted by atomic mass is 16.5. The molecular weight excluding hydrogens is 206 g/mol. The van der Waals surface area contributed by atoms with E-state index in [1.165, 1.54) is 7.11 Å². The van der Waals surface area contributed by atoms with Gasteiger partial charge in [-0.1, -0.05) is 13.8 Å². The molecule has 0 amide bonds. The van der Waals surface area contributed by atoms with Gasteiger partial charge in [0.1, 0.15) is 5.52 Å². The van der Waals surface area contributed by atoms with Crippen molar-refractivity contribution in [1.82, 2.24) is 15.2 Å². The van der Waals surface area contributed by atoms with Gasteiger partial charge in [0, 0.05) is 5.69 Å². The summed E-state index contributed by atoms with van der Waals surface area (Å²) in [5.41, 5.74) is 2.47. The molecule has 0 unspecified atom stereocenters. The molecule has 0 bridgehead atoms. The smallest absolute Gasteiger partial charge is 0.360 e. The van der Waals surface area contributed by atoms with Gasteiger partial charge in [0.25, 0.3) is 0 Å². The Morgan fingerprint density at radius 2 is 2.19 bits per heavy atom. The number of H-pyrrole nitrogens is 1. The number of rotatable bonds is 2. The van der Waals surface area contributed by atoms with Crippen molar-refractivity contribution in [2.75, 3.05) is 7.11 Å². The van der Waals surface area contributed by atoms with Gasteiger partial charge in [0.15, 0.2) is 5.69 Å². The van der Waals surface area contributed by atoms with E-state index in [9.17, 15) is 4.79 Å². The van der Waals surface area contributed by atoms with E-state index in [4.69, 9.17) is 0 Å². The van der Waals surface area contributed by atoms with Crippen LogP contribution in [0.5, 0.6) is 0 Å². The van der Waals surface area contributed by atoms with Gasteiger partial charge in [-0.3, -0.25) is 5.10 Å². The van der Waals surface area contributed by atoms with Crippen LogP contribution in [-0.2, 0) is 4.74 Å². The van der Waals surface area contributed by atoms with Crippen molar-refractivity contribution in [2.45, 2.75) is 19.8 Å². The van der Waals surface area contributed by atoms with Gasteiger partial charge >= 0.3 is 5.97 Å². The van der Waals surface area contributed by atoms with Gasteiger partial charge in [-0.05, 0) is 18.1 Å². The molecule has 0 saturated heterocycles. The molecule has 0 saturated carbocycles. The van der Waals surface area contributed by atoms with Crippen LogP contribution in [0.2, 0.25) is 0 Å². The number of aromatic nitrogens is 3. The predicted molar refractivity (Wildman–Crippen MR) is 59.3 cm³/mol. The van der Waals surface area contributed by atoms with Crippen LogP contribution in [0.25, 0.3) is 11.0 Å². The van der Waals surface area contributed by atoms with Crippen molar-refractivity contribution in [3.05, 3.63) is 23.5 Å². The standard InChI is InChI=1S/C11H13N3O2/c1-6(2)7-4-5-8-9(12-7)10(14-13-8)11(15)16-3/h4-6H,1-3H3,(H,13,14). The van der Waals surface area contributed by atoms with Crippen LogP contribution in [0.3, 0.4) is 0 Å². The average molecular weight is 219 g/mol. The first-order valence-electron chi connectivity index (χ1n) is 5.06. The maximum absolute atomic E-state index is 11.4. The van der Waals surface area contributed by atoms with Crippen molar-refractivity contribution in [3.63, 3.8) is 0 Å². The van der Waals surface area contributed by atoms with Crippen molar-refractivity contribution < 1.29 is 9.53 Å². The first-order valence-corrected chi connectivity index (χ1v) is 5.06. The lowest BCUT2D eigenvalue weighted by atomic mass is 10.1. The molecule has 0 fully saturated rings. The van der Waals surface area contributed by atoms with E-state index in [0.717, 1.165) is 11.2 Å². The summed E-state index contributed by atoms with van der Waals surface area (Å²) in [4.78, 5) is 15.8. The molecule has 2 aromatic rings. The van der Waals surface area contributed by atoms with Crippen LogP contribution in [-0.4, -0.2) is 28.3 Å². The number of carbonyl (C=O) groups is 1. The lowest BCUT2D eigenvalue weighted by Gasteiger charge is -2.03. The minimum atomic E-state index is -0.473. The van der Waals surface area contributed by atoms with Gasteiger partial charge < -0.3 is 4.74 Å². The molecule has 0 spiro atoms. The van der Waals surface area contributed by atoms with E-state index in [-0.39, 0.29) is 5.69 Å². The summed E-state index contributed by atoms with van der Waals surface area (Å²) < 4.78 is 4.64. The number of hydrogen-bond donors (Lipinski definition) is 1. The number of aromatic amines is 1. The summed E-state index contributed by atoms with van der Waals surface area (Å²) in [5.74, 6) is -0.163. The van der Waals surface area contributed by atoms with Crippen molar-refractivity contribution >= 4 is 17.0 Å². The van der Waals surface area contributed by atoms with Gasteiger partial charge in [-0.15, -0.1) is 0 Å². The largest absolute Gasteiger partial charge is 0.464 e. The molecule has 16 heavy (non-hydrogen) atoms. The molecule has 2 rings (SSSR count). The number of nitrogens with zero attached hydrogens (tertiary/aromatic N) is 2. The Bertz CT molecular complexity index is 531. The Morgan fingerprint density at radius 3 is 2.81 bits per heavy atom. The number of nitrogens with one attached hydrogen (secondary N) is 1. The second-order valence-electron chi connectivity index (χ2n) is 3.85. The van der Waals surface area contributed by atoms with E-state index in [1.54, 1.807) is 0 Å². The van der Waals surface area contributed by atoms with E-state index >= 15 is 0 Å². The number of ether oxygens (including phenoxy) is 1. The molecular formula is C11H13N3O2. The molecule has 5 nitrogen and oxygen atoms in total. The highest BCUT2D eigenvalue weighted by molar-refractivity contribution is 5.99. The second-order valence-corrected chi connectivity index (χ2v) is 3.85. The van der Waals surface area contributed by atoms with Crippen molar-refractivity contribution in [2.24, 2.45) is 0 Å². The van der Waals surface area contributed by atoms with Crippen LogP contribution in [0.1, 0.15) is 35.9 Å². The quantitative estimate of drug-likeness (QED) is 0.783. The fourth-order valence-corrected chi connectivity index (χ4v) is 1.47. The minimum Gasteiger partial charge on any atom is -0.464 e. The number of methoxy groups -OCH3 is 1. The molecule has 0 atom stereocenters. The normalized spacial score (nSPS) is 11.0. The second kappa shape index (κ2) is 3.92. The zero-order valence-electron chi connectivity index (χ0n) is 9.44. The van der Waals surface area contributed by atoms with Gasteiger partial charge in [0.2, 0.25) is 0 Å². The Balaban J connectivity index is 2.60. The highest BCUT2D eigenvalue weighted by Crippen LogP contribution is 2.18. The zero-order valence-corrected chi connectivity index (χ0v) is 9.44. The summed E-state index contributed by atoms with van der Waals surface area (Å²) in [7, 11) is 1.33. The Kier molecular flexibility index (Phi) is 2.60. The Hall–Kier alpha value is -1.91. The first-order chi connectivity index (χ1) is 7.63. The fourth-order valence-electron chi connectivity index (χ4n) is 1.47. The van der Waals surface area contributed by atoms with Gasteiger partial charge in [-0.25, -0.2) is 9.78 Å². The summed E-state index contributed by atoms with van der Waals surface area (Å²) >= 11 is 0. The lowest BCUT2D eigenvalue weighted by molar-refractivity contribution is 0.0596. The molecule has 0 aliphatic rings. The predicted octanol–water partition coefficient (Wildman–Crippen LogP) is 1.87. The molecule has 5 heteroatoms. The van der Waals surface area contributed by atoms with Crippen LogP contribution < -0.4 is 0 Å². The molecule has 0 aliphatic heterocycles. The third-order valence-corrected chi connectivity index (χ3v) is 2.40. The van der Waals surface area contributed by atoms with E-state index < -0.39 is 5.97 Å². The van der Waals surface area contributed by atoms with E-state index in [0.29, 0.717) is 11.4 Å². The molecule has 1 N–H and O–H groups in total. The van der Waals surface area contributed by atoms with Crippen molar-refractivity contribution in [1.29, 1.82) is 0 Å². The van der Waals surface area contributed by atoms with Crippen molar-refractivity contribution in [3.8, 4) is 0 Å². The SMILES string of the molecule is COC(=O)c1n[nH]c2ccc(C(C)C)nc12. The highest BCUT2D eigenvalue weighted by Gasteiger charge is 2.16. The number of pyridine rings is 1. The topological polar surface area (TPSA) is 67.9 Å². The Labute approximate surface area is 92.8 Å². The number of hydrogen-bond acceptors (Lipinski definition) is 4. The number of carbonyl (C=O) groups excluding carboxylic acids is 1. The maximum Gasteiger partial charge on any atom is 0.360 e.